The third-order valence-corrected chi connectivity index (χ3v) is 5.91. The number of sulfonamides is 1. The quantitative estimate of drug-likeness (QED) is 0.760. The molecule has 1 saturated heterocycles. The van der Waals surface area contributed by atoms with Crippen molar-refractivity contribution in [3.63, 3.8) is 0 Å². The second kappa shape index (κ2) is 8.87. The summed E-state index contributed by atoms with van der Waals surface area (Å²) in [5.74, 6) is 0.648. The molecule has 8 heteroatoms. The summed E-state index contributed by atoms with van der Waals surface area (Å²) in [5.41, 5.74) is 3.07. The first-order valence-electron chi connectivity index (χ1n) is 9.60. The predicted molar refractivity (Wildman–Crippen MR) is 109 cm³/mol. The van der Waals surface area contributed by atoms with Crippen molar-refractivity contribution in [2.75, 3.05) is 25.9 Å². The highest BCUT2D eigenvalue weighted by atomic mass is 32.2. The van der Waals surface area contributed by atoms with E-state index in [0.717, 1.165) is 37.9 Å². The van der Waals surface area contributed by atoms with E-state index in [9.17, 15) is 13.2 Å². The van der Waals surface area contributed by atoms with E-state index < -0.39 is 10.0 Å². The summed E-state index contributed by atoms with van der Waals surface area (Å²) in [6.07, 6.45) is 8.27. The van der Waals surface area contributed by atoms with E-state index in [1.54, 1.807) is 17.1 Å². The lowest BCUT2D eigenvalue weighted by Crippen LogP contribution is -2.38. The molecule has 3 rings (SSSR count). The molecule has 0 bridgehead atoms. The molecular weight excluding hydrogens is 376 g/mol. The Bertz CT molecular complexity index is 898. The van der Waals surface area contributed by atoms with Gasteiger partial charge >= 0.3 is 0 Å². The molecule has 7 nitrogen and oxygen atoms in total. The van der Waals surface area contributed by atoms with E-state index in [2.05, 4.69) is 34.1 Å². The van der Waals surface area contributed by atoms with Crippen molar-refractivity contribution in [3.05, 3.63) is 53.3 Å². The zero-order valence-electron chi connectivity index (χ0n) is 16.5. The minimum Gasteiger partial charge on any atom is -0.339 e. The van der Waals surface area contributed by atoms with Crippen molar-refractivity contribution in [1.29, 1.82) is 0 Å². The second-order valence-electron chi connectivity index (χ2n) is 7.58. The van der Waals surface area contributed by atoms with Gasteiger partial charge in [-0.25, -0.2) is 13.1 Å². The number of carbonyl (C=O) groups excluding carboxylic acids is 1. The van der Waals surface area contributed by atoms with Gasteiger partial charge < -0.3 is 4.90 Å². The number of aromatic nitrogens is 2. The van der Waals surface area contributed by atoms with E-state index in [-0.39, 0.29) is 5.91 Å². The number of hydrogen-bond donors (Lipinski definition) is 1. The van der Waals surface area contributed by atoms with Crippen molar-refractivity contribution in [3.8, 4) is 0 Å². The number of aryl methyl sites for hydroxylation is 1. The molecule has 0 aliphatic carbocycles. The van der Waals surface area contributed by atoms with Crippen LogP contribution in [-0.4, -0.2) is 54.9 Å². The maximum atomic E-state index is 12.5. The molecule has 1 aromatic carbocycles. The SMILES string of the molecule is Cn1cc(C(=O)N2CCC(Cc3ccc(CCNS(C)(=O)=O)cc3)CC2)cn1. The largest absolute Gasteiger partial charge is 0.339 e. The molecule has 0 saturated carbocycles. The van der Waals surface area contributed by atoms with Gasteiger partial charge in [-0.2, -0.15) is 5.10 Å². The third-order valence-electron chi connectivity index (χ3n) is 5.18. The second-order valence-corrected chi connectivity index (χ2v) is 9.41. The fourth-order valence-electron chi connectivity index (χ4n) is 3.61. The van der Waals surface area contributed by atoms with Gasteiger partial charge in [0.15, 0.2) is 0 Å². The summed E-state index contributed by atoms with van der Waals surface area (Å²) in [6, 6.07) is 8.40. The highest BCUT2D eigenvalue weighted by molar-refractivity contribution is 7.88. The lowest BCUT2D eigenvalue weighted by atomic mass is 9.89. The smallest absolute Gasteiger partial charge is 0.257 e. The summed E-state index contributed by atoms with van der Waals surface area (Å²) >= 11 is 0. The topological polar surface area (TPSA) is 84.3 Å². The lowest BCUT2D eigenvalue weighted by Gasteiger charge is -2.32. The fraction of sp³-hybridized carbons (Fsp3) is 0.500. The molecule has 1 N–H and O–H groups in total. The first-order valence-corrected chi connectivity index (χ1v) is 11.5. The molecule has 2 heterocycles. The van der Waals surface area contributed by atoms with Gasteiger partial charge in [0.25, 0.3) is 5.91 Å². The summed E-state index contributed by atoms with van der Waals surface area (Å²) in [6.45, 7) is 1.99. The first kappa shape index (κ1) is 20.5. The van der Waals surface area contributed by atoms with Crippen molar-refractivity contribution in [2.24, 2.45) is 13.0 Å². The third kappa shape index (κ3) is 5.90. The van der Waals surface area contributed by atoms with Crippen LogP contribution in [0, 0.1) is 5.92 Å². The fourth-order valence-corrected chi connectivity index (χ4v) is 4.08. The Morgan fingerprint density at radius 2 is 1.82 bits per heavy atom. The lowest BCUT2D eigenvalue weighted by molar-refractivity contribution is 0.0690. The van der Waals surface area contributed by atoms with Crippen molar-refractivity contribution < 1.29 is 13.2 Å². The molecule has 2 aromatic rings. The molecule has 1 aliphatic rings. The highest BCUT2D eigenvalue weighted by Gasteiger charge is 2.24. The number of amides is 1. The Labute approximate surface area is 166 Å². The molecule has 0 atom stereocenters. The maximum absolute atomic E-state index is 12.5. The monoisotopic (exact) mass is 404 g/mol. The van der Waals surface area contributed by atoms with Crippen LogP contribution in [0.2, 0.25) is 0 Å². The van der Waals surface area contributed by atoms with Crippen LogP contribution in [0.15, 0.2) is 36.7 Å². The van der Waals surface area contributed by atoms with E-state index >= 15 is 0 Å². The average molecular weight is 405 g/mol. The predicted octanol–water partition coefficient (Wildman–Crippen LogP) is 1.61. The van der Waals surface area contributed by atoms with Crippen LogP contribution < -0.4 is 4.72 Å². The summed E-state index contributed by atoms with van der Waals surface area (Å²) < 4.78 is 26.4. The number of nitrogens with zero attached hydrogens (tertiary/aromatic N) is 3. The molecule has 1 amide bonds. The van der Waals surface area contributed by atoms with Crippen LogP contribution in [0.5, 0.6) is 0 Å². The molecular formula is C20H28N4O3S. The molecule has 0 radical (unpaired) electrons. The standard InChI is InChI=1S/C20H28N4O3S/c1-23-15-19(14-21-23)20(25)24-11-8-18(9-12-24)13-17-5-3-16(4-6-17)7-10-22-28(2,26)27/h3-6,14-15,18,22H,7-13H2,1-2H3. The van der Waals surface area contributed by atoms with Gasteiger partial charge in [0.05, 0.1) is 18.0 Å². The van der Waals surface area contributed by atoms with Crippen molar-refractivity contribution in [1.82, 2.24) is 19.4 Å². The van der Waals surface area contributed by atoms with Gasteiger partial charge in [-0.1, -0.05) is 24.3 Å². The van der Waals surface area contributed by atoms with E-state index in [0.29, 0.717) is 24.4 Å². The van der Waals surface area contributed by atoms with Crippen molar-refractivity contribution >= 4 is 15.9 Å². The van der Waals surface area contributed by atoms with Crippen LogP contribution in [0.1, 0.15) is 34.3 Å². The van der Waals surface area contributed by atoms with Crippen LogP contribution in [-0.2, 0) is 29.9 Å². The van der Waals surface area contributed by atoms with Gasteiger partial charge in [0, 0.05) is 32.9 Å². The number of piperidine rings is 1. The normalized spacial score (nSPS) is 15.7. The van der Waals surface area contributed by atoms with Crippen molar-refractivity contribution in [2.45, 2.75) is 25.7 Å². The summed E-state index contributed by atoms with van der Waals surface area (Å²) in [4.78, 5) is 14.4. The molecule has 0 spiro atoms. The van der Waals surface area contributed by atoms with Gasteiger partial charge in [-0.15, -0.1) is 0 Å². The molecule has 28 heavy (non-hydrogen) atoms. The average Bonchev–Trinajstić information content (AvgIpc) is 3.09. The Morgan fingerprint density at radius 1 is 1.18 bits per heavy atom. The summed E-state index contributed by atoms with van der Waals surface area (Å²) in [7, 11) is -1.32. The first-order chi connectivity index (χ1) is 13.3. The van der Waals surface area contributed by atoms with Crippen LogP contribution in [0.3, 0.4) is 0 Å². The zero-order valence-corrected chi connectivity index (χ0v) is 17.3. The van der Waals surface area contributed by atoms with Gasteiger partial charge in [0.1, 0.15) is 0 Å². The molecule has 0 unspecified atom stereocenters. The van der Waals surface area contributed by atoms with Gasteiger partial charge in [0.2, 0.25) is 10.0 Å². The van der Waals surface area contributed by atoms with E-state index in [1.807, 2.05) is 11.9 Å². The van der Waals surface area contributed by atoms with Gasteiger partial charge in [-0.05, 0) is 42.7 Å². The highest BCUT2D eigenvalue weighted by Crippen LogP contribution is 2.23. The number of benzene rings is 1. The number of hydrogen-bond acceptors (Lipinski definition) is 4. The van der Waals surface area contributed by atoms with Gasteiger partial charge in [-0.3, -0.25) is 9.48 Å². The van der Waals surface area contributed by atoms with E-state index in [1.165, 1.54) is 11.8 Å². The Balaban J connectivity index is 1.45. The Kier molecular flexibility index (Phi) is 6.51. The Morgan fingerprint density at radius 3 is 2.39 bits per heavy atom. The van der Waals surface area contributed by atoms with Crippen LogP contribution in [0.4, 0.5) is 0 Å². The zero-order chi connectivity index (χ0) is 20.1. The molecule has 152 valence electrons. The maximum Gasteiger partial charge on any atom is 0.257 e. The molecule has 1 aromatic heterocycles. The van der Waals surface area contributed by atoms with Crippen LogP contribution in [0.25, 0.3) is 0 Å². The minimum atomic E-state index is -3.13. The molecule has 1 fully saturated rings. The number of carbonyl (C=O) groups is 1. The number of nitrogens with one attached hydrogen (secondary N) is 1. The Hall–Kier alpha value is -2.19. The number of likely N-dealkylation sites (tertiary alicyclic amines) is 1. The van der Waals surface area contributed by atoms with E-state index in [4.69, 9.17) is 0 Å². The molecule has 1 aliphatic heterocycles. The summed E-state index contributed by atoms with van der Waals surface area (Å²) in [5, 5.41) is 4.08. The number of rotatable bonds is 7. The minimum absolute atomic E-state index is 0.0682. The van der Waals surface area contributed by atoms with Crippen LogP contribution >= 0.6 is 0 Å².